The van der Waals surface area contributed by atoms with Crippen molar-refractivity contribution in [3.05, 3.63) is 17.8 Å². The molecule has 0 saturated carbocycles. The Kier molecular flexibility index (Phi) is 4.43. The third-order valence-electron chi connectivity index (χ3n) is 3.25. The van der Waals surface area contributed by atoms with Crippen LogP contribution in [0.4, 0.5) is 10.2 Å². The molecule has 1 heterocycles. The molecule has 1 rings (SSSR count). The van der Waals surface area contributed by atoms with Gasteiger partial charge < -0.3 is 5.32 Å². The smallest absolute Gasteiger partial charge is 0.186 e. The number of anilines is 1. The standard InChI is InChI=1S/C13H22FN3/c1-6-10-11(14)12(17-8-16-10)15-7-9(2)13(3,4)5/h8-9H,6-7H2,1-5H3,(H,15,16,17). The van der Waals surface area contributed by atoms with Crippen LogP contribution in [0.25, 0.3) is 0 Å². The predicted octanol–water partition coefficient (Wildman–Crippen LogP) is 3.27. The average Bonchev–Trinajstić information content (AvgIpc) is 2.26. The third kappa shape index (κ3) is 3.65. The summed E-state index contributed by atoms with van der Waals surface area (Å²) < 4.78 is 13.8. The van der Waals surface area contributed by atoms with Crippen molar-refractivity contribution in [2.75, 3.05) is 11.9 Å². The zero-order valence-corrected chi connectivity index (χ0v) is 11.3. The molecule has 1 aromatic heterocycles. The highest BCUT2D eigenvalue weighted by molar-refractivity contribution is 5.37. The van der Waals surface area contributed by atoms with E-state index >= 15 is 0 Å². The molecule has 1 unspecified atom stereocenters. The quantitative estimate of drug-likeness (QED) is 0.876. The lowest BCUT2D eigenvalue weighted by Gasteiger charge is -2.27. The minimum absolute atomic E-state index is 0.199. The lowest BCUT2D eigenvalue weighted by molar-refractivity contribution is 0.274. The lowest BCUT2D eigenvalue weighted by atomic mass is 9.82. The molecular weight excluding hydrogens is 217 g/mol. The van der Waals surface area contributed by atoms with Crippen LogP contribution in [0.2, 0.25) is 0 Å². The zero-order valence-electron chi connectivity index (χ0n) is 11.3. The fraction of sp³-hybridized carbons (Fsp3) is 0.692. The summed E-state index contributed by atoms with van der Waals surface area (Å²) in [6.45, 7) is 11.3. The molecule has 0 bridgehead atoms. The maximum absolute atomic E-state index is 13.8. The molecule has 3 nitrogen and oxygen atoms in total. The number of rotatable bonds is 4. The first-order chi connectivity index (χ1) is 7.86. The van der Waals surface area contributed by atoms with Crippen LogP contribution in [-0.4, -0.2) is 16.5 Å². The molecular formula is C13H22FN3. The Morgan fingerprint density at radius 2 is 2.00 bits per heavy atom. The van der Waals surface area contributed by atoms with Crippen LogP contribution >= 0.6 is 0 Å². The fourth-order valence-electron chi connectivity index (χ4n) is 1.33. The molecule has 0 radical (unpaired) electrons. The Labute approximate surface area is 103 Å². The van der Waals surface area contributed by atoms with Crippen molar-refractivity contribution in [1.82, 2.24) is 9.97 Å². The summed E-state index contributed by atoms with van der Waals surface area (Å²) in [4.78, 5) is 7.85. The van der Waals surface area contributed by atoms with Gasteiger partial charge in [-0.05, 0) is 17.8 Å². The molecule has 0 spiro atoms. The summed E-state index contributed by atoms with van der Waals surface area (Å²) in [5.41, 5.74) is 0.662. The molecule has 1 atom stereocenters. The second-order valence-electron chi connectivity index (χ2n) is 5.48. The number of nitrogens with zero attached hydrogens (tertiary/aromatic N) is 2. The van der Waals surface area contributed by atoms with Crippen molar-refractivity contribution in [3.63, 3.8) is 0 Å². The Morgan fingerprint density at radius 1 is 1.35 bits per heavy atom. The number of nitrogens with one attached hydrogen (secondary N) is 1. The molecule has 0 aliphatic rings. The molecule has 0 amide bonds. The largest absolute Gasteiger partial charge is 0.367 e. The Balaban J connectivity index is 2.70. The van der Waals surface area contributed by atoms with Gasteiger partial charge in [0.25, 0.3) is 0 Å². The molecule has 0 saturated heterocycles. The van der Waals surface area contributed by atoms with E-state index in [-0.39, 0.29) is 11.2 Å². The number of halogens is 1. The highest BCUT2D eigenvalue weighted by Crippen LogP contribution is 2.25. The summed E-state index contributed by atoms with van der Waals surface area (Å²) >= 11 is 0. The average molecular weight is 239 g/mol. The van der Waals surface area contributed by atoms with Crippen molar-refractivity contribution >= 4 is 5.82 Å². The van der Waals surface area contributed by atoms with Crippen molar-refractivity contribution in [3.8, 4) is 0 Å². The Bertz CT molecular complexity index is 371. The van der Waals surface area contributed by atoms with Crippen LogP contribution < -0.4 is 5.32 Å². The maximum Gasteiger partial charge on any atom is 0.186 e. The monoisotopic (exact) mass is 239 g/mol. The van der Waals surface area contributed by atoms with E-state index in [0.717, 1.165) is 0 Å². The van der Waals surface area contributed by atoms with Gasteiger partial charge in [-0.3, -0.25) is 0 Å². The second-order valence-corrected chi connectivity index (χ2v) is 5.48. The van der Waals surface area contributed by atoms with Gasteiger partial charge in [-0.15, -0.1) is 0 Å². The van der Waals surface area contributed by atoms with Gasteiger partial charge >= 0.3 is 0 Å². The summed E-state index contributed by atoms with van der Waals surface area (Å²) in [6, 6.07) is 0. The highest BCUT2D eigenvalue weighted by Gasteiger charge is 2.20. The minimum atomic E-state index is -0.323. The third-order valence-corrected chi connectivity index (χ3v) is 3.25. The SMILES string of the molecule is CCc1ncnc(NCC(C)C(C)(C)C)c1F. The number of aromatic nitrogens is 2. The lowest BCUT2D eigenvalue weighted by Crippen LogP contribution is -2.25. The summed E-state index contributed by atoms with van der Waals surface area (Å²) in [7, 11) is 0. The van der Waals surface area contributed by atoms with Crippen LogP contribution in [0.3, 0.4) is 0 Å². The molecule has 0 aliphatic heterocycles. The Morgan fingerprint density at radius 3 is 2.53 bits per heavy atom. The summed E-state index contributed by atoms with van der Waals surface area (Å²) in [5.74, 6) is 0.422. The summed E-state index contributed by atoms with van der Waals surface area (Å²) in [6.07, 6.45) is 1.99. The molecule has 0 aliphatic carbocycles. The van der Waals surface area contributed by atoms with E-state index in [2.05, 4.69) is 43.0 Å². The van der Waals surface area contributed by atoms with Gasteiger partial charge in [-0.1, -0.05) is 34.6 Å². The predicted molar refractivity (Wildman–Crippen MR) is 68.5 cm³/mol. The normalized spacial score (nSPS) is 13.5. The van der Waals surface area contributed by atoms with Gasteiger partial charge in [0.1, 0.15) is 6.33 Å². The summed E-state index contributed by atoms with van der Waals surface area (Å²) in [5, 5.41) is 3.07. The Hall–Kier alpha value is -1.19. The van der Waals surface area contributed by atoms with Crippen LogP contribution in [-0.2, 0) is 6.42 Å². The zero-order chi connectivity index (χ0) is 13.1. The van der Waals surface area contributed by atoms with Gasteiger partial charge in [-0.25, -0.2) is 14.4 Å². The first kappa shape index (κ1) is 13.9. The van der Waals surface area contributed by atoms with E-state index in [1.807, 2.05) is 6.92 Å². The van der Waals surface area contributed by atoms with E-state index in [0.29, 0.717) is 30.4 Å². The van der Waals surface area contributed by atoms with Gasteiger partial charge in [0.15, 0.2) is 11.6 Å². The van der Waals surface area contributed by atoms with Gasteiger partial charge in [-0.2, -0.15) is 0 Å². The number of hydrogen-bond donors (Lipinski definition) is 1. The molecule has 1 N–H and O–H groups in total. The molecule has 17 heavy (non-hydrogen) atoms. The van der Waals surface area contributed by atoms with Crippen LogP contribution in [0.5, 0.6) is 0 Å². The second kappa shape index (κ2) is 5.43. The molecule has 96 valence electrons. The number of aryl methyl sites for hydroxylation is 1. The molecule has 1 aromatic rings. The minimum Gasteiger partial charge on any atom is -0.367 e. The first-order valence-electron chi connectivity index (χ1n) is 6.09. The fourth-order valence-corrected chi connectivity index (χ4v) is 1.33. The topological polar surface area (TPSA) is 37.8 Å². The molecule has 4 heteroatoms. The number of hydrogen-bond acceptors (Lipinski definition) is 3. The van der Waals surface area contributed by atoms with E-state index in [9.17, 15) is 4.39 Å². The van der Waals surface area contributed by atoms with Crippen LogP contribution in [0.15, 0.2) is 6.33 Å². The molecule has 0 aromatic carbocycles. The van der Waals surface area contributed by atoms with Gasteiger partial charge in [0.2, 0.25) is 0 Å². The van der Waals surface area contributed by atoms with Crippen molar-refractivity contribution < 1.29 is 4.39 Å². The van der Waals surface area contributed by atoms with Crippen molar-refractivity contribution in [2.45, 2.75) is 41.0 Å². The van der Waals surface area contributed by atoms with E-state index in [1.165, 1.54) is 6.33 Å². The molecule has 0 fully saturated rings. The highest BCUT2D eigenvalue weighted by atomic mass is 19.1. The van der Waals surface area contributed by atoms with Gasteiger partial charge in [0, 0.05) is 6.54 Å². The van der Waals surface area contributed by atoms with Crippen molar-refractivity contribution in [1.29, 1.82) is 0 Å². The van der Waals surface area contributed by atoms with Crippen LogP contribution in [0, 0.1) is 17.2 Å². The van der Waals surface area contributed by atoms with Gasteiger partial charge in [0.05, 0.1) is 5.69 Å². The van der Waals surface area contributed by atoms with Crippen molar-refractivity contribution in [2.24, 2.45) is 11.3 Å². The van der Waals surface area contributed by atoms with E-state index < -0.39 is 0 Å². The van der Waals surface area contributed by atoms with Crippen LogP contribution in [0.1, 0.15) is 40.3 Å². The van der Waals surface area contributed by atoms with E-state index in [1.54, 1.807) is 0 Å². The first-order valence-corrected chi connectivity index (χ1v) is 6.09. The maximum atomic E-state index is 13.8. The van der Waals surface area contributed by atoms with E-state index in [4.69, 9.17) is 0 Å².